The molecule has 2 nitrogen and oxygen atoms in total. The molecule has 2 aromatic carbocycles. The molecular weight excluding hydrogens is 316 g/mol. The Morgan fingerprint density at radius 2 is 1.96 bits per heavy atom. The summed E-state index contributed by atoms with van der Waals surface area (Å²) >= 11 is 0. The monoisotopic (exact) mass is 338 g/mol. The van der Waals surface area contributed by atoms with E-state index in [1.807, 2.05) is 24.3 Å². The van der Waals surface area contributed by atoms with E-state index >= 15 is 0 Å². The Hall–Kier alpha value is -3.05. The van der Waals surface area contributed by atoms with Crippen molar-refractivity contribution in [2.45, 2.75) is 31.2 Å². The van der Waals surface area contributed by atoms with Gasteiger partial charge in [-0.15, -0.1) is 6.58 Å². The Morgan fingerprint density at radius 1 is 1.12 bits per heavy atom. The molecule has 0 saturated heterocycles. The van der Waals surface area contributed by atoms with Crippen molar-refractivity contribution in [1.29, 1.82) is 5.26 Å². The Bertz CT molecular complexity index is 975. The van der Waals surface area contributed by atoms with E-state index in [0.717, 1.165) is 36.8 Å². The molecule has 1 aliphatic rings. The lowest BCUT2D eigenvalue weighted by atomic mass is 9.75. The van der Waals surface area contributed by atoms with E-state index in [1.54, 1.807) is 0 Å². The van der Waals surface area contributed by atoms with Crippen LogP contribution in [0.2, 0.25) is 0 Å². The maximum absolute atomic E-state index is 9.43. The molecule has 0 fully saturated rings. The highest BCUT2D eigenvalue weighted by atomic mass is 15.1. The fourth-order valence-electron chi connectivity index (χ4n) is 4.41. The minimum atomic E-state index is -0.141. The number of aromatic nitrogens is 1. The van der Waals surface area contributed by atoms with Crippen LogP contribution in [-0.2, 0) is 12.0 Å². The minimum absolute atomic E-state index is 0.141. The molecule has 2 heterocycles. The molecule has 0 saturated carbocycles. The topological polar surface area (TPSA) is 28.7 Å². The Labute approximate surface area is 155 Å². The fourth-order valence-corrected chi connectivity index (χ4v) is 4.41. The van der Waals surface area contributed by atoms with Gasteiger partial charge in [0.05, 0.1) is 17.2 Å². The van der Waals surface area contributed by atoms with Crippen molar-refractivity contribution >= 4 is 0 Å². The summed E-state index contributed by atoms with van der Waals surface area (Å²) in [7, 11) is 0. The van der Waals surface area contributed by atoms with Crippen LogP contribution in [0.5, 0.6) is 0 Å². The quantitative estimate of drug-likeness (QED) is 0.562. The Kier molecular flexibility index (Phi) is 4.22. The zero-order valence-electron chi connectivity index (χ0n) is 14.9. The molecule has 1 aliphatic heterocycles. The number of aryl methyl sites for hydroxylation is 1. The first-order valence-corrected chi connectivity index (χ1v) is 9.16. The zero-order chi connectivity index (χ0) is 18.0. The van der Waals surface area contributed by atoms with Crippen LogP contribution in [0.15, 0.2) is 79.5 Å². The number of nitriles is 1. The molecule has 2 heteroatoms. The lowest BCUT2D eigenvalue weighted by Gasteiger charge is -2.41. The summed E-state index contributed by atoms with van der Waals surface area (Å²) in [6.07, 6.45) is 8.45. The maximum atomic E-state index is 9.43. The number of fused-ring (bicyclic) bond motifs is 1. The normalized spacial score (nSPS) is 18.7. The summed E-state index contributed by atoms with van der Waals surface area (Å²) < 4.78 is 2.44. The number of rotatable bonds is 4. The van der Waals surface area contributed by atoms with Crippen LogP contribution in [0, 0.1) is 11.3 Å². The van der Waals surface area contributed by atoms with Gasteiger partial charge in [-0.3, -0.25) is 0 Å². The molecule has 0 bridgehead atoms. The second-order valence-electron chi connectivity index (χ2n) is 6.99. The second-order valence-corrected chi connectivity index (χ2v) is 6.99. The van der Waals surface area contributed by atoms with Crippen molar-refractivity contribution in [1.82, 2.24) is 4.57 Å². The number of allylic oxidation sites excluding steroid dienone is 1. The van der Waals surface area contributed by atoms with Crippen molar-refractivity contribution in [3.8, 4) is 17.2 Å². The first-order valence-electron chi connectivity index (χ1n) is 9.16. The Morgan fingerprint density at radius 3 is 2.73 bits per heavy atom. The van der Waals surface area contributed by atoms with E-state index in [-0.39, 0.29) is 5.54 Å². The molecule has 0 amide bonds. The van der Waals surface area contributed by atoms with Crippen molar-refractivity contribution in [2.24, 2.45) is 0 Å². The van der Waals surface area contributed by atoms with Gasteiger partial charge in [-0.2, -0.15) is 5.26 Å². The summed E-state index contributed by atoms with van der Waals surface area (Å²) in [5, 5.41) is 9.43. The molecule has 3 aromatic rings. The van der Waals surface area contributed by atoms with Crippen LogP contribution in [-0.4, -0.2) is 4.57 Å². The molecule has 0 radical (unpaired) electrons. The lowest BCUT2D eigenvalue weighted by molar-refractivity contribution is 0.287. The number of benzene rings is 2. The average Bonchev–Trinajstić information content (AvgIpc) is 3.18. The maximum Gasteiger partial charge on any atom is 0.0991 e. The molecule has 128 valence electrons. The van der Waals surface area contributed by atoms with Crippen LogP contribution in [0.3, 0.4) is 0 Å². The van der Waals surface area contributed by atoms with Gasteiger partial charge in [0.15, 0.2) is 0 Å². The van der Waals surface area contributed by atoms with Crippen LogP contribution < -0.4 is 0 Å². The summed E-state index contributed by atoms with van der Waals surface area (Å²) in [6.45, 7) is 4.05. The predicted octanol–water partition coefficient (Wildman–Crippen LogP) is 5.68. The van der Waals surface area contributed by atoms with Gasteiger partial charge in [0.2, 0.25) is 0 Å². The van der Waals surface area contributed by atoms with Crippen LogP contribution >= 0.6 is 0 Å². The fraction of sp³-hybridized carbons (Fsp3) is 0.208. The summed E-state index contributed by atoms with van der Waals surface area (Å²) in [6, 6.07) is 23.2. The third-order valence-electron chi connectivity index (χ3n) is 5.53. The average molecular weight is 338 g/mol. The highest BCUT2D eigenvalue weighted by Crippen LogP contribution is 2.44. The molecule has 1 atom stereocenters. The molecule has 1 aromatic heterocycles. The van der Waals surface area contributed by atoms with E-state index in [0.29, 0.717) is 5.56 Å². The van der Waals surface area contributed by atoms with Gasteiger partial charge in [-0.05, 0) is 66.6 Å². The summed E-state index contributed by atoms with van der Waals surface area (Å²) in [4.78, 5) is 0. The van der Waals surface area contributed by atoms with Gasteiger partial charge in [-0.25, -0.2) is 0 Å². The van der Waals surface area contributed by atoms with E-state index in [2.05, 4.69) is 65.9 Å². The van der Waals surface area contributed by atoms with Crippen LogP contribution in [0.25, 0.3) is 11.1 Å². The third kappa shape index (κ3) is 2.57. The second kappa shape index (κ2) is 6.69. The van der Waals surface area contributed by atoms with Gasteiger partial charge >= 0.3 is 0 Å². The first-order chi connectivity index (χ1) is 12.8. The van der Waals surface area contributed by atoms with E-state index in [1.165, 1.54) is 11.3 Å². The highest BCUT2D eigenvalue weighted by molar-refractivity contribution is 5.71. The van der Waals surface area contributed by atoms with E-state index < -0.39 is 0 Å². The summed E-state index contributed by atoms with van der Waals surface area (Å²) in [5.41, 5.74) is 5.51. The van der Waals surface area contributed by atoms with Crippen LogP contribution in [0.4, 0.5) is 0 Å². The predicted molar refractivity (Wildman–Crippen MR) is 106 cm³/mol. The first kappa shape index (κ1) is 16.4. The van der Waals surface area contributed by atoms with Gasteiger partial charge in [0, 0.05) is 11.9 Å². The van der Waals surface area contributed by atoms with E-state index in [4.69, 9.17) is 0 Å². The number of hydrogen-bond acceptors (Lipinski definition) is 1. The lowest BCUT2D eigenvalue weighted by Crippen LogP contribution is -2.38. The van der Waals surface area contributed by atoms with Gasteiger partial charge in [0.25, 0.3) is 0 Å². The largest absolute Gasteiger partial charge is 0.341 e. The van der Waals surface area contributed by atoms with Crippen molar-refractivity contribution < 1.29 is 0 Å². The number of hydrogen-bond donors (Lipinski definition) is 0. The Balaban J connectivity index is 2.00. The van der Waals surface area contributed by atoms with Crippen molar-refractivity contribution in [3.05, 3.63) is 96.3 Å². The molecule has 1 unspecified atom stereocenters. The molecule has 0 N–H and O–H groups in total. The third-order valence-corrected chi connectivity index (χ3v) is 5.53. The van der Waals surface area contributed by atoms with Crippen LogP contribution in [0.1, 0.15) is 36.1 Å². The zero-order valence-corrected chi connectivity index (χ0v) is 14.9. The summed E-state index contributed by atoms with van der Waals surface area (Å²) in [5.74, 6) is 0. The smallest absolute Gasteiger partial charge is 0.0991 e. The standard InChI is InChI=1S/C24H22N2/c1-2-14-24(15-6-10-21-11-7-16-26(21)24)23-13-12-19(18-25)17-22(23)20-8-4-3-5-9-20/h2-5,7-9,11-13,16-17H,1,6,10,14-15H2. The minimum Gasteiger partial charge on any atom is -0.341 e. The molecule has 0 spiro atoms. The van der Waals surface area contributed by atoms with Gasteiger partial charge in [-0.1, -0.05) is 42.5 Å². The molecule has 4 rings (SSSR count). The van der Waals surface area contributed by atoms with E-state index in [9.17, 15) is 5.26 Å². The van der Waals surface area contributed by atoms with Gasteiger partial charge in [0.1, 0.15) is 0 Å². The van der Waals surface area contributed by atoms with Crippen molar-refractivity contribution in [2.75, 3.05) is 0 Å². The SMILES string of the molecule is C=CCC1(c2ccc(C#N)cc2-c2ccccc2)CCCc2cccn21. The van der Waals surface area contributed by atoms with Crippen molar-refractivity contribution in [3.63, 3.8) is 0 Å². The molecule has 26 heavy (non-hydrogen) atoms. The molecular formula is C24H22N2. The van der Waals surface area contributed by atoms with Gasteiger partial charge < -0.3 is 4.57 Å². The molecule has 0 aliphatic carbocycles. The highest BCUT2D eigenvalue weighted by Gasteiger charge is 2.38. The number of nitrogens with zero attached hydrogens (tertiary/aromatic N) is 2.